The van der Waals surface area contributed by atoms with Gasteiger partial charge in [0.2, 0.25) is 0 Å². The molecule has 0 atom stereocenters. The minimum Gasteiger partial charge on any atom is -0.339 e. The van der Waals surface area contributed by atoms with Crippen LogP contribution in [0.2, 0.25) is 15.2 Å². The van der Waals surface area contributed by atoms with Gasteiger partial charge in [0.05, 0.1) is 5.02 Å². The van der Waals surface area contributed by atoms with Crippen LogP contribution < -0.4 is 5.32 Å². The van der Waals surface area contributed by atoms with Crippen molar-refractivity contribution in [3.05, 3.63) is 50.8 Å². The maximum atomic E-state index is 13.1. The van der Waals surface area contributed by atoms with Gasteiger partial charge in [-0.3, -0.25) is 0 Å². The van der Waals surface area contributed by atoms with E-state index in [1.54, 1.807) is 12.1 Å². The second kappa shape index (κ2) is 5.62. The first-order chi connectivity index (χ1) is 9.02. The van der Waals surface area contributed by atoms with Crippen LogP contribution in [0.5, 0.6) is 0 Å². The summed E-state index contributed by atoms with van der Waals surface area (Å²) in [5.74, 6) is -0.256. The summed E-state index contributed by atoms with van der Waals surface area (Å²) in [6, 6.07) is 7.52. The van der Waals surface area contributed by atoms with E-state index in [4.69, 9.17) is 40.1 Å². The van der Waals surface area contributed by atoms with E-state index in [1.165, 1.54) is 18.2 Å². The molecule has 2 rings (SSSR count). The van der Waals surface area contributed by atoms with Gasteiger partial charge in [-0.2, -0.15) is 5.26 Å². The maximum Gasteiger partial charge on any atom is 0.152 e. The van der Waals surface area contributed by atoms with Crippen LogP contribution in [0.3, 0.4) is 0 Å². The van der Waals surface area contributed by atoms with Crippen LogP contribution in [0.4, 0.5) is 15.9 Å². The lowest BCUT2D eigenvalue weighted by atomic mass is 10.3. The first-order valence-corrected chi connectivity index (χ1v) is 6.13. The smallest absolute Gasteiger partial charge is 0.152 e. The molecule has 0 fully saturated rings. The van der Waals surface area contributed by atoms with Gasteiger partial charge in [0.25, 0.3) is 0 Å². The van der Waals surface area contributed by atoms with E-state index in [0.717, 1.165) is 0 Å². The molecule has 1 aromatic heterocycles. The van der Waals surface area contributed by atoms with E-state index >= 15 is 0 Å². The molecule has 1 aromatic carbocycles. The number of nitriles is 1. The molecular formula is C12H5Cl3FN3. The van der Waals surface area contributed by atoms with Crippen molar-refractivity contribution in [2.75, 3.05) is 5.32 Å². The lowest BCUT2D eigenvalue weighted by Crippen LogP contribution is -1.98. The van der Waals surface area contributed by atoms with E-state index in [2.05, 4.69) is 10.3 Å². The molecule has 2 aromatic rings. The zero-order valence-electron chi connectivity index (χ0n) is 9.22. The number of benzene rings is 1. The molecular weight excluding hydrogens is 312 g/mol. The fourth-order valence-corrected chi connectivity index (χ4v) is 2.06. The van der Waals surface area contributed by atoms with Gasteiger partial charge in [0.1, 0.15) is 22.5 Å². The number of anilines is 2. The van der Waals surface area contributed by atoms with E-state index in [-0.39, 0.29) is 26.6 Å². The summed E-state index contributed by atoms with van der Waals surface area (Å²) in [4.78, 5) is 3.92. The van der Waals surface area contributed by atoms with Crippen LogP contribution in [-0.4, -0.2) is 4.98 Å². The Morgan fingerprint density at radius 3 is 2.58 bits per heavy atom. The summed E-state index contributed by atoms with van der Waals surface area (Å²) in [5, 5.41) is 11.6. The van der Waals surface area contributed by atoms with E-state index in [0.29, 0.717) is 5.69 Å². The predicted octanol–water partition coefficient (Wildman–Crippen LogP) is 4.80. The summed E-state index contributed by atoms with van der Waals surface area (Å²) < 4.78 is 13.1. The number of aromatic nitrogens is 1. The van der Waals surface area contributed by atoms with E-state index in [9.17, 15) is 4.39 Å². The molecule has 1 N–H and O–H groups in total. The fraction of sp³-hybridized carbons (Fsp3) is 0. The zero-order chi connectivity index (χ0) is 14.0. The summed E-state index contributed by atoms with van der Waals surface area (Å²) in [6.45, 7) is 0. The van der Waals surface area contributed by atoms with Crippen LogP contribution in [0.1, 0.15) is 5.56 Å². The van der Waals surface area contributed by atoms with Gasteiger partial charge in [-0.05, 0) is 18.2 Å². The maximum absolute atomic E-state index is 13.1. The Morgan fingerprint density at radius 1 is 1.21 bits per heavy atom. The summed E-state index contributed by atoms with van der Waals surface area (Å²) in [7, 11) is 0. The first-order valence-electron chi connectivity index (χ1n) is 5.00. The quantitative estimate of drug-likeness (QED) is 0.810. The van der Waals surface area contributed by atoms with Crippen molar-refractivity contribution in [2.24, 2.45) is 0 Å². The number of nitrogens with one attached hydrogen (secondary N) is 1. The fourth-order valence-electron chi connectivity index (χ4n) is 1.39. The lowest BCUT2D eigenvalue weighted by molar-refractivity contribution is 0.628. The Bertz CT molecular complexity index is 683. The minimum atomic E-state index is -0.410. The highest BCUT2D eigenvalue weighted by Crippen LogP contribution is 2.36. The molecule has 0 aliphatic carbocycles. The molecule has 19 heavy (non-hydrogen) atoms. The molecule has 7 heteroatoms. The van der Waals surface area contributed by atoms with Gasteiger partial charge >= 0.3 is 0 Å². The predicted molar refractivity (Wildman–Crippen MR) is 73.7 cm³/mol. The zero-order valence-corrected chi connectivity index (χ0v) is 11.5. The van der Waals surface area contributed by atoms with Crippen LogP contribution in [0.15, 0.2) is 24.3 Å². The van der Waals surface area contributed by atoms with Crippen molar-refractivity contribution >= 4 is 46.3 Å². The molecule has 0 radical (unpaired) electrons. The van der Waals surface area contributed by atoms with Gasteiger partial charge in [0.15, 0.2) is 11.0 Å². The van der Waals surface area contributed by atoms with Crippen molar-refractivity contribution < 1.29 is 4.39 Å². The molecule has 1 heterocycles. The Kier molecular flexibility index (Phi) is 4.11. The van der Waals surface area contributed by atoms with Crippen LogP contribution >= 0.6 is 34.8 Å². The van der Waals surface area contributed by atoms with Crippen molar-refractivity contribution in [3.8, 4) is 6.07 Å². The topological polar surface area (TPSA) is 48.7 Å². The highest BCUT2D eigenvalue weighted by molar-refractivity contribution is 6.45. The molecule has 0 saturated heterocycles. The summed E-state index contributed by atoms with van der Waals surface area (Å²) in [5.41, 5.74) is 0.435. The third-order valence-corrected chi connectivity index (χ3v) is 3.35. The normalized spacial score (nSPS) is 10.1. The van der Waals surface area contributed by atoms with Gasteiger partial charge in [0, 0.05) is 5.69 Å². The molecule has 96 valence electrons. The Morgan fingerprint density at radius 2 is 1.95 bits per heavy atom. The van der Waals surface area contributed by atoms with E-state index in [1.807, 2.05) is 0 Å². The standard InChI is InChI=1S/C12H5Cl3FN3/c13-9-8(5-17)11(15)19-12(10(9)14)18-7-3-1-2-6(16)4-7/h1-4H,(H,18,19). The van der Waals surface area contributed by atoms with Gasteiger partial charge in [-0.1, -0.05) is 40.9 Å². The molecule has 0 unspecified atom stereocenters. The number of rotatable bonds is 2. The monoisotopic (exact) mass is 315 g/mol. The van der Waals surface area contributed by atoms with Gasteiger partial charge < -0.3 is 5.32 Å². The molecule has 0 aliphatic rings. The minimum absolute atomic E-state index is 0.00174. The lowest BCUT2D eigenvalue weighted by Gasteiger charge is -2.10. The van der Waals surface area contributed by atoms with Crippen molar-refractivity contribution in [3.63, 3.8) is 0 Å². The molecule has 0 bridgehead atoms. The van der Waals surface area contributed by atoms with Crippen LogP contribution in [0.25, 0.3) is 0 Å². The van der Waals surface area contributed by atoms with Crippen molar-refractivity contribution in [2.45, 2.75) is 0 Å². The average molecular weight is 317 g/mol. The Balaban J connectivity index is 2.45. The van der Waals surface area contributed by atoms with Gasteiger partial charge in [-0.15, -0.1) is 0 Å². The molecule has 0 aliphatic heterocycles. The molecule has 0 spiro atoms. The summed E-state index contributed by atoms with van der Waals surface area (Å²) >= 11 is 17.7. The van der Waals surface area contributed by atoms with Crippen LogP contribution in [-0.2, 0) is 0 Å². The third-order valence-electron chi connectivity index (χ3n) is 2.24. The number of nitrogens with zero attached hydrogens (tertiary/aromatic N) is 2. The molecule has 0 saturated carbocycles. The highest BCUT2D eigenvalue weighted by atomic mass is 35.5. The number of hydrogen-bond acceptors (Lipinski definition) is 3. The number of halogens is 4. The molecule has 0 amide bonds. The molecule has 3 nitrogen and oxygen atoms in total. The Hall–Kier alpha value is -1.54. The SMILES string of the molecule is N#Cc1c(Cl)nc(Nc2cccc(F)c2)c(Cl)c1Cl. The van der Waals surface area contributed by atoms with Crippen molar-refractivity contribution in [1.82, 2.24) is 4.98 Å². The second-order valence-corrected chi connectivity index (χ2v) is 4.62. The Labute approximate surface area is 123 Å². The number of pyridine rings is 1. The van der Waals surface area contributed by atoms with Crippen molar-refractivity contribution in [1.29, 1.82) is 5.26 Å². The number of hydrogen-bond donors (Lipinski definition) is 1. The second-order valence-electron chi connectivity index (χ2n) is 3.50. The van der Waals surface area contributed by atoms with E-state index < -0.39 is 5.82 Å². The third kappa shape index (κ3) is 2.90. The van der Waals surface area contributed by atoms with Crippen LogP contribution in [0, 0.1) is 17.1 Å². The highest BCUT2D eigenvalue weighted by Gasteiger charge is 2.16. The van der Waals surface area contributed by atoms with Gasteiger partial charge in [-0.25, -0.2) is 9.37 Å². The average Bonchev–Trinajstić information content (AvgIpc) is 2.36. The largest absolute Gasteiger partial charge is 0.339 e. The summed E-state index contributed by atoms with van der Waals surface area (Å²) in [6.07, 6.45) is 0. The first kappa shape index (κ1) is 13.9.